The first kappa shape index (κ1) is 31.7. The average Bonchev–Trinajstić information content (AvgIpc) is 4.04. The van der Waals surface area contributed by atoms with E-state index in [0.717, 1.165) is 59.4 Å². The van der Waals surface area contributed by atoms with Gasteiger partial charge in [0.15, 0.2) is 0 Å². The highest BCUT2D eigenvalue weighted by atomic mass is 16.8. The third-order valence-electron chi connectivity index (χ3n) is 9.09. The summed E-state index contributed by atoms with van der Waals surface area (Å²) in [6, 6.07) is 37.6. The number of benzene rings is 4. The molecular formula is C41H41NO6. The zero-order chi connectivity index (χ0) is 33.1. The SMILES string of the molecule is CCC1OC1(CC)Oc1ccc(-c2ccc(Oc3cccc(Oc4ccc(-c5ccc(OC6(CC)OC6CC)cc5)cc4)n3)cc2)cc1. The van der Waals surface area contributed by atoms with Crippen molar-refractivity contribution in [1.29, 1.82) is 0 Å². The highest BCUT2D eigenvalue weighted by Crippen LogP contribution is 2.44. The van der Waals surface area contributed by atoms with Gasteiger partial charge in [-0.1, -0.05) is 82.3 Å². The van der Waals surface area contributed by atoms with Gasteiger partial charge in [-0.15, -0.1) is 0 Å². The molecule has 7 rings (SSSR count). The molecule has 0 bridgehead atoms. The Balaban J connectivity index is 0.937. The fraction of sp³-hybridized carbons (Fsp3) is 0.293. The van der Waals surface area contributed by atoms with Gasteiger partial charge in [-0.05, 0) is 83.6 Å². The molecule has 5 aromatic rings. The van der Waals surface area contributed by atoms with Gasteiger partial charge in [-0.25, -0.2) is 0 Å². The molecule has 48 heavy (non-hydrogen) atoms. The van der Waals surface area contributed by atoms with Crippen LogP contribution in [-0.2, 0) is 9.47 Å². The molecule has 0 radical (unpaired) electrons. The summed E-state index contributed by atoms with van der Waals surface area (Å²) in [4.78, 5) is 4.56. The maximum absolute atomic E-state index is 6.17. The Morgan fingerprint density at radius 2 is 0.812 bits per heavy atom. The molecular weight excluding hydrogens is 602 g/mol. The Morgan fingerprint density at radius 3 is 1.10 bits per heavy atom. The molecule has 0 spiro atoms. The first-order valence-electron chi connectivity index (χ1n) is 16.9. The van der Waals surface area contributed by atoms with Crippen LogP contribution in [0.25, 0.3) is 22.3 Å². The first-order chi connectivity index (χ1) is 23.4. The lowest BCUT2D eigenvalue weighted by Gasteiger charge is -2.14. The molecule has 0 amide bonds. The van der Waals surface area contributed by atoms with Crippen molar-refractivity contribution < 1.29 is 28.4 Å². The third-order valence-corrected chi connectivity index (χ3v) is 9.09. The minimum absolute atomic E-state index is 0.171. The van der Waals surface area contributed by atoms with Crippen molar-refractivity contribution in [3.8, 4) is 57.0 Å². The topological polar surface area (TPSA) is 74.9 Å². The van der Waals surface area contributed by atoms with E-state index in [1.54, 1.807) is 0 Å². The van der Waals surface area contributed by atoms with Gasteiger partial charge in [-0.2, -0.15) is 4.98 Å². The van der Waals surface area contributed by atoms with Crippen LogP contribution in [0, 0.1) is 0 Å². The largest absolute Gasteiger partial charge is 0.460 e. The number of pyridine rings is 1. The van der Waals surface area contributed by atoms with Crippen molar-refractivity contribution in [2.24, 2.45) is 0 Å². The summed E-state index contributed by atoms with van der Waals surface area (Å²) in [6.45, 7) is 8.43. The first-order valence-corrected chi connectivity index (χ1v) is 16.9. The van der Waals surface area contributed by atoms with Crippen molar-refractivity contribution in [3.05, 3.63) is 115 Å². The van der Waals surface area contributed by atoms with E-state index in [0.29, 0.717) is 23.3 Å². The second kappa shape index (κ2) is 13.3. The Hall–Kier alpha value is -4.85. The van der Waals surface area contributed by atoms with E-state index in [1.165, 1.54) is 0 Å². The summed E-state index contributed by atoms with van der Waals surface area (Å²) in [5.41, 5.74) is 4.34. The maximum atomic E-state index is 6.17. The molecule has 2 fully saturated rings. The van der Waals surface area contributed by atoms with Gasteiger partial charge in [0, 0.05) is 25.0 Å². The Kier molecular flexibility index (Phi) is 8.82. The molecule has 4 unspecified atom stereocenters. The summed E-state index contributed by atoms with van der Waals surface area (Å²) in [5.74, 6) is 2.96. The molecule has 2 aliphatic rings. The van der Waals surface area contributed by atoms with E-state index in [-0.39, 0.29) is 12.2 Å². The van der Waals surface area contributed by atoms with E-state index in [4.69, 9.17) is 28.4 Å². The molecule has 0 N–H and O–H groups in total. The molecule has 3 heterocycles. The van der Waals surface area contributed by atoms with E-state index in [9.17, 15) is 0 Å². The predicted molar refractivity (Wildman–Crippen MR) is 186 cm³/mol. The lowest BCUT2D eigenvalue weighted by atomic mass is 10.1. The van der Waals surface area contributed by atoms with Gasteiger partial charge in [-0.3, -0.25) is 0 Å². The fourth-order valence-corrected chi connectivity index (χ4v) is 6.16. The van der Waals surface area contributed by atoms with E-state index >= 15 is 0 Å². The molecule has 2 saturated heterocycles. The van der Waals surface area contributed by atoms with Crippen LogP contribution in [0.3, 0.4) is 0 Å². The Bertz CT molecular complexity index is 1690. The van der Waals surface area contributed by atoms with Crippen molar-refractivity contribution in [2.75, 3.05) is 0 Å². The van der Waals surface area contributed by atoms with E-state index in [1.807, 2.05) is 91.0 Å². The van der Waals surface area contributed by atoms with Crippen LogP contribution in [0.15, 0.2) is 115 Å². The predicted octanol–water partition coefficient (Wildman–Crippen LogP) is 10.6. The smallest absolute Gasteiger partial charge is 0.237 e. The summed E-state index contributed by atoms with van der Waals surface area (Å²) in [6.07, 6.45) is 3.90. The second-order valence-corrected chi connectivity index (χ2v) is 12.2. The van der Waals surface area contributed by atoms with E-state index < -0.39 is 11.6 Å². The number of epoxide rings is 2. The number of hydrogen-bond acceptors (Lipinski definition) is 7. The highest BCUT2D eigenvalue weighted by molar-refractivity contribution is 5.66. The van der Waals surface area contributed by atoms with Crippen molar-refractivity contribution in [2.45, 2.75) is 77.2 Å². The lowest BCUT2D eigenvalue weighted by molar-refractivity contribution is 0.0580. The van der Waals surface area contributed by atoms with Crippen molar-refractivity contribution in [3.63, 3.8) is 0 Å². The van der Waals surface area contributed by atoms with Crippen LogP contribution < -0.4 is 18.9 Å². The molecule has 4 atom stereocenters. The number of aromatic nitrogens is 1. The van der Waals surface area contributed by atoms with Crippen molar-refractivity contribution >= 4 is 0 Å². The molecule has 0 saturated carbocycles. The summed E-state index contributed by atoms with van der Waals surface area (Å²) >= 11 is 0. The Labute approximate surface area is 282 Å². The number of ether oxygens (including phenoxy) is 6. The molecule has 1 aromatic heterocycles. The number of hydrogen-bond donors (Lipinski definition) is 0. The summed E-state index contributed by atoms with van der Waals surface area (Å²) in [7, 11) is 0. The van der Waals surface area contributed by atoms with Gasteiger partial charge >= 0.3 is 0 Å². The minimum atomic E-state index is -0.469. The molecule has 2 aliphatic heterocycles. The van der Waals surface area contributed by atoms with Crippen LogP contribution in [0.5, 0.6) is 34.8 Å². The molecule has 4 aromatic carbocycles. The highest BCUT2D eigenvalue weighted by Gasteiger charge is 2.57. The van der Waals surface area contributed by atoms with Crippen molar-refractivity contribution in [1.82, 2.24) is 4.98 Å². The van der Waals surface area contributed by atoms with Crippen LogP contribution in [0.1, 0.15) is 53.4 Å². The maximum Gasteiger partial charge on any atom is 0.237 e. The zero-order valence-corrected chi connectivity index (χ0v) is 27.8. The standard InChI is InChI=1S/C41H41NO6/c1-5-36-40(7-3,47-36)45-34-24-16-30(17-25-34)28-12-20-32(21-13-28)43-38-10-9-11-39(42-38)44-33-22-14-29(15-23-33)31-18-26-35(27-19-31)46-41(8-4)37(6-2)48-41/h9-27,36-37H,5-8H2,1-4H3. The van der Waals surface area contributed by atoms with Gasteiger partial charge < -0.3 is 28.4 Å². The van der Waals surface area contributed by atoms with Gasteiger partial charge in [0.25, 0.3) is 0 Å². The summed E-state index contributed by atoms with van der Waals surface area (Å²) in [5, 5.41) is 0. The zero-order valence-electron chi connectivity index (χ0n) is 27.8. The molecule has 0 aliphatic carbocycles. The van der Waals surface area contributed by atoms with Gasteiger partial charge in [0.2, 0.25) is 23.3 Å². The quantitative estimate of drug-likeness (QED) is 0.111. The number of nitrogens with zero attached hydrogens (tertiary/aromatic N) is 1. The van der Waals surface area contributed by atoms with Gasteiger partial charge in [0.05, 0.1) is 0 Å². The molecule has 246 valence electrons. The van der Waals surface area contributed by atoms with Crippen LogP contribution in [-0.4, -0.2) is 28.8 Å². The lowest BCUT2D eigenvalue weighted by Crippen LogP contribution is -2.22. The third kappa shape index (κ3) is 6.75. The Morgan fingerprint density at radius 1 is 0.479 bits per heavy atom. The van der Waals surface area contributed by atoms with Gasteiger partial charge in [0.1, 0.15) is 35.2 Å². The monoisotopic (exact) mass is 643 g/mol. The average molecular weight is 644 g/mol. The fourth-order valence-electron chi connectivity index (χ4n) is 6.16. The normalized spacial score (nSPS) is 22.5. The minimum Gasteiger partial charge on any atom is -0.460 e. The van der Waals surface area contributed by atoms with E-state index in [2.05, 4.69) is 56.9 Å². The molecule has 7 nitrogen and oxygen atoms in total. The van der Waals surface area contributed by atoms with Crippen LogP contribution in [0.2, 0.25) is 0 Å². The van der Waals surface area contributed by atoms with Crippen LogP contribution in [0.4, 0.5) is 0 Å². The molecule has 7 heteroatoms. The second-order valence-electron chi connectivity index (χ2n) is 12.2. The van der Waals surface area contributed by atoms with Crippen LogP contribution >= 0.6 is 0 Å². The summed E-state index contributed by atoms with van der Waals surface area (Å²) < 4.78 is 36.1. The number of rotatable bonds is 14.